The first kappa shape index (κ1) is 20.8. The number of anilines is 3. The highest BCUT2D eigenvalue weighted by atomic mass is 16.4. The monoisotopic (exact) mass is 384 g/mol. The van der Waals surface area contributed by atoms with Gasteiger partial charge in [0.2, 0.25) is 0 Å². The van der Waals surface area contributed by atoms with Gasteiger partial charge in [-0.1, -0.05) is 31.2 Å². The van der Waals surface area contributed by atoms with Crippen LogP contribution in [0.1, 0.15) is 12.5 Å². The van der Waals surface area contributed by atoms with Crippen molar-refractivity contribution in [3.63, 3.8) is 0 Å². The summed E-state index contributed by atoms with van der Waals surface area (Å²) in [6.45, 7) is 3.44. The lowest BCUT2D eigenvalue weighted by Crippen LogP contribution is -2.36. The van der Waals surface area contributed by atoms with Crippen molar-refractivity contribution >= 4 is 35.1 Å². The molecule has 1 atom stereocenters. The Balaban J connectivity index is 2.01. The Labute approximate surface area is 163 Å². The Hall–Kier alpha value is -3.55. The number of benzene rings is 2. The van der Waals surface area contributed by atoms with E-state index in [4.69, 9.17) is 5.11 Å². The summed E-state index contributed by atoms with van der Waals surface area (Å²) >= 11 is 0. The first-order valence-electron chi connectivity index (χ1n) is 8.75. The predicted molar refractivity (Wildman–Crippen MR) is 109 cm³/mol. The van der Waals surface area contributed by atoms with Crippen LogP contribution in [0.3, 0.4) is 0 Å². The van der Waals surface area contributed by atoms with Crippen molar-refractivity contribution in [2.24, 2.45) is 5.92 Å². The number of nitrogens with zero attached hydrogens (tertiary/aromatic N) is 1. The van der Waals surface area contributed by atoms with E-state index in [0.29, 0.717) is 17.1 Å². The van der Waals surface area contributed by atoms with Gasteiger partial charge in [-0.3, -0.25) is 4.79 Å². The number of para-hydroxylation sites is 1. The Bertz CT molecular complexity index is 855. The topological polar surface area (TPSA) is 111 Å². The highest BCUT2D eigenvalue weighted by molar-refractivity contribution is 6.00. The van der Waals surface area contributed by atoms with Crippen LogP contribution < -0.4 is 16.0 Å². The molecule has 0 radical (unpaired) electrons. The second kappa shape index (κ2) is 9.40. The lowest BCUT2D eigenvalue weighted by Gasteiger charge is -2.21. The molecule has 0 aliphatic rings. The van der Waals surface area contributed by atoms with Crippen LogP contribution in [0.2, 0.25) is 0 Å². The third kappa shape index (κ3) is 6.01. The number of hydrogen-bond donors (Lipinski definition) is 4. The van der Waals surface area contributed by atoms with E-state index in [1.54, 1.807) is 30.3 Å². The lowest BCUT2D eigenvalue weighted by molar-refractivity contribution is -0.141. The first-order valence-corrected chi connectivity index (χ1v) is 8.75. The van der Waals surface area contributed by atoms with Gasteiger partial charge in [0.25, 0.3) is 0 Å². The van der Waals surface area contributed by atoms with Crippen molar-refractivity contribution in [2.75, 3.05) is 29.5 Å². The van der Waals surface area contributed by atoms with Crippen molar-refractivity contribution in [3.8, 4) is 0 Å². The smallest absolute Gasteiger partial charge is 0.323 e. The van der Waals surface area contributed by atoms with Gasteiger partial charge in [0, 0.05) is 30.7 Å². The molecule has 148 valence electrons. The molecule has 0 saturated heterocycles. The summed E-state index contributed by atoms with van der Waals surface area (Å²) in [5.74, 6) is -1.64. The van der Waals surface area contributed by atoms with E-state index in [2.05, 4.69) is 16.0 Å². The molecule has 8 nitrogen and oxygen atoms in total. The number of carboxylic acid groups (broad SMARTS) is 1. The van der Waals surface area contributed by atoms with Crippen LogP contribution in [0.15, 0.2) is 48.5 Å². The van der Waals surface area contributed by atoms with Gasteiger partial charge < -0.3 is 26.0 Å². The van der Waals surface area contributed by atoms with E-state index in [9.17, 15) is 14.4 Å². The maximum atomic E-state index is 12.3. The molecule has 4 N–H and O–H groups in total. The molecule has 0 saturated carbocycles. The zero-order valence-electron chi connectivity index (χ0n) is 16.0. The highest BCUT2D eigenvalue weighted by Gasteiger charge is 2.18. The van der Waals surface area contributed by atoms with E-state index in [1.165, 1.54) is 18.9 Å². The van der Waals surface area contributed by atoms with Gasteiger partial charge in [-0.2, -0.15) is 0 Å². The maximum Gasteiger partial charge on any atom is 0.323 e. The fourth-order valence-electron chi connectivity index (χ4n) is 2.43. The van der Waals surface area contributed by atoms with Crippen LogP contribution >= 0.6 is 0 Å². The van der Waals surface area contributed by atoms with Crippen LogP contribution in [0.5, 0.6) is 0 Å². The summed E-state index contributed by atoms with van der Waals surface area (Å²) < 4.78 is 0. The van der Waals surface area contributed by atoms with Crippen LogP contribution in [0, 0.1) is 12.8 Å². The number of hydrogen-bond acceptors (Lipinski definition) is 3. The number of urea groups is 2. The Kier molecular flexibility index (Phi) is 6.97. The van der Waals surface area contributed by atoms with Gasteiger partial charge in [-0.05, 0) is 36.8 Å². The van der Waals surface area contributed by atoms with Gasteiger partial charge in [0.05, 0.1) is 5.92 Å². The molecular formula is C20H24N4O4. The van der Waals surface area contributed by atoms with Gasteiger partial charge in [0.15, 0.2) is 0 Å². The minimum Gasteiger partial charge on any atom is -0.481 e. The average Bonchev–Trinajstić information content (AvgIpc) is 2.64. The summed E-state index contributed by atoms with van der Waals surface area (Å²) in [7, 11) is 1.53. The second-order valence-corrected chi connectivity index (χ2v) is 6.52. The summed E-state index contributed by atoms with van der Waals surface area (Å²) in [5.41, 5.74) is 2.50. The molecule has 0 spiro atoms. The summed E-state index contributed by atoms with van der Waals surface area (Å²) in [4.78, 5) is 36.7. The zero-order valence-corrected chi connectivity index (χ0v) is 16.0. The fraction of sp³-hybridized carbons (Fsp3) is 0.250. The molecule has 0 fully saturated rings. The normalized spacial score (nSPS) is 11.2. The van der Waals surface area contributed by atoms with E-state index in [1.807, 2.05) is 25.1 Å². The van der Waals surface area contributed by atoms with Crippen molar-refractivity contribution in [1.29, 1.82) is 0 Å². The molecule has 4 amide bonds. The van der Waals surface area contributed by atoms with E-state index in [0.717, 1.165) is 5.56 Å². The average molecular weight is 384 g/mol. The van der Waals surface area contributed by atoms with Gasteiger partial charge in [0.1, 0.15) is 0 Å². The molecule has 2 aromatic carbocycles. The number of carboxylic acids is 1. The molecule has 2 aromatic rings. The lowest BCUT2D eigenvalue weighted by atomic mass is 10.1. The SMILES string of the molecule is Cc1ccc(NC(=O)Nc2ccccc2)cc1NC(=O)N(C)CC(C)C(=O)O. The molecule has 0 aliphatic carbocycles. The Morgan fingerprint density at radius 1 is 1.00 bits per heavy atom. The summed E-state index contributed by atoms with van der Waals surface area (Å²) in [5, 5.41) is 17.1. The quantitative estimate of drug-likeness (QED) is 0.607. The number of carbonyl (C=O) groups excluding carboxylic acids is 2. The molecule has 2 rings (SSSR count). The third-order valence-corrected chi connectivity index (χ3v) is 4.08. The van der Waals surface area contributed by atoms with E-state index < -0.39 is 23.9 Å². The zero-order chi connectivity index (χ0) is 20.7. The molecule has 28 heavy (non-hydrogen) atoms. The largest absolute Gasteiger partial charge is 0.481 e. The number of amides is 4. The second-order valence-electron chi connectivity index (χ2n) is 6.52. The number of aliphatic carboxylic acids is 1. The Morgan fingerprint density at radius 3 is 2.29 bits per heavy atom. The number of aryl methyl sites for hydroxylation is 1. The molecular weight excluding hydrogens is 360 g/mol. The maximum absolute atomic E-state index is 12.3. The molecule has 8 heteroatoms. The summed E-state index contributed by atoms with van der Waals surface area (Å²) in [6, 6.07) is 13.3. The van der Waals surface area contributed by atoms with Crippen molar-refractivity contribution in [3.05, 3.63) is 54.1 Å². The number of rotatable bonds is 6. The van der Waals surface area contributed by atoms with Crippen LogP contribution in [0.25, 0.3) is 0 Å². The molecule has 0 aromatic heterocycles. The number of carbonyl (C=O) groups is 3. The third-order valence-electron chi connectivity index (χ3n) is 4.08. The van der Waals surface area contributed by atoms with Crippen molar-refractivity contribution in [2.45, 2.75) is 13.8 Å². The van der Waals surface area contributed by atoms with E-state index >= 15 is 0 Å². The van der Waals surface area contributed by atoms with Gasteiger partial charge in [-0.25, -0.2) is 9.59 Å². The van der Waals surface area contributed by atoms with Crippen LogP contribution in [-0.2, 0) is 4.79 Å². The molecule has 1 unspecified atom stereocenters. The van der Waals surface area contributed by atoms with Crippen molar-refractivity contribution < 1.29 is 19.5 Å². The van der Waals surface area contributed by atoms with Gasteiger partial charge >= 0.3 is 18.0 Å². The number of nitrogens with one attached hydrogen (secondary N) is 3. The van der Waals surface area contributed by atoms with Crippen LogP contribution in [-0.4, -0.2) is 41.6 Å². The molecule has 0 heterocycles. The highest BCUT2D eigenvalue weighted by Crippen LogP contribution is 2.21. The molecule has 0 aliphatic heterocycles. The minimum atomic E-state index is -0.966. The van der Waals surface area contributed by atoms with Crippen molar-refractivity contribution in [1.82, 2.24) is 4.90 Å². The minimum absolute atomic E-state index is 0.0810. The summed E-state index contributed by atoms with van der Waals surface area (Å²) in [6.07, 6.45) is 0. The first-order chi connectivity index (χ1) is 13.3. The molecule has 0 bridgehead atoms. The Morgan fingerprint density at radius 2 is 1.64 bits per heavy atom. The standard InChI is InChI=1S/C20H24N4O4/c1-13-9-10-16(22-19(27)21-15-7-5-4-6-8-15)11-17(13)23-20(28)24(3)12-14(2)18(25)26/h4-11,14H,12H2,1-3H3,(H,23,28)(H,25,26)(H2,21,22,27). The predicted octanol–water partition coefficient (Wildman–Crippen LogP) is 3.82. The van der Waals surface area contributed by atoms with E-state index in [-0.39, 0.29) is 6.54 Å². The fourth-order valence-corrected chi connectivity index (χ4v) is 2.43. The van der Waals surface area contributed by atoms with Gasteiger partial charge in [-0.15, -0.1) is 0 Å². The van der Waals surface area contributed by atoms with Crippen LogP contribution in [0.4, 0.5) is 26.7 Å².